The normalized spacial score (nSPS) is 11.1. The Bertz CT molecular complexity index is 396. The molecular formula is C16H26N2O. The summed E-state index contributed by atoms with van der Waals surface area (Å²) in [6, 6.07) is 8.71. The first-order valence-corrected chi connectivity index (χ1v) is 7.04. The second kappa shape index (κ2) is 7.29. The summed E-state index contributed by atoms with van der Waals surface area (Å²) in [4.78, 5) is 13.9. The molecule has 0 aliphatic carbocycles. The summed E-state index contributed by atoms with van der Waals surface area (Å²) in [5, 5.41) is 0. The Morgan fingerprint density at radius 3 is 2.16 bits per heavy atom. The molecule has 1 aromatic carbocycles. The molecule has 0 spiro atoms. The molecule has 1 rings (SSSR count). The maximum Gasteiger partial charge on any atom is 0.224 e. The minimum absolute atomic E-state index is 0.130. The van der Waals surface area contributed by atoms with E-state index in [-0.39, 0.29) is 11.9 Å². The average molecular weight is 262 g/mol. The van der Waals surface area contributed by atoms with Gasteiger partial charge >= 0.3 is 0 Å². The quantitative estimate of drug-likeness (QED) is 0.857. The highest BCUT2D eigenvalue weighted by Gasteiger charge is 2.16. The Labute approximate surface area is 116 Å². The minimum atomic E-state index is 0.130. The van der Waals surface area contributed by atoms with Crippen molar-refractivity contribution in [1.29, 1.82) is 0 Å². The number of nitrogens with zero attached hydrogens (tertiary/aromatic N) is 1. The lowest BCUT2D eigenvalue weighted by Crippen LogP contribution is -2.37. The van der Waals surface area contributed by atoms with Gasteiger partial charge in [-0.25, -0.2) is 0 Å². The molecule has 3 nitrogen and oxygen atoms in total. The van der Waals surface area contributed by atoms with Crippen molar-refractivity contribution in [3.63, 3.8) is 0 Å². The van der Waals surface area contributed by atoms with Crippen molar-refractivity contribution in [2.24, 2.45) is 5.73 Å². The number of hydrogen-bond acceptors (Lipinski definition) is 2. The molecular weight excluding hydrogens is 236 g/mol. The summed E-state index contributed by atoms with van der Waals surface area (Å²) in [5.41, 5.74) is 7.96. The van der Waals surface area contributed by atoms with Crippen LogP contribution >= 0.6 is 0 Å². The van der Waals surface area contributed by atoms with E-state index in [4.69, 9.17) is 5.73 Å². The molecule has 2 N–H and O–H groups in total. The van der Waals surface area contributed by atoms with E-state index in [9.17, 15) is 4.79 Å². The highest BCUT2D eigenvalue weighted by molar-refractivity contribution is 5.76. The zero-order valence-electron chi connectivity index (χ0n) is 12.5. The van der Waals surface area contributed by atoms with Gasteiger partial charge in [-0.2, -0.15) is 0 Å². The van der Waals surface area contributed by atoms with Gasteiger partial charge in [0.25, 0.3) is 0 Å². The lowest BCUT2D eigenvalue weighted by Gasteiger charge is -2.27. The highest BCUT2D eigenvalue weighted by Crippen LogP contribution is 2.16. The Morgan fingerprint density at radius 1 is 1.16 bits per heavy atom. The average Bonchev–Trinajstić information content (AvgIpc) is 2.36. The van der Waals surface area contributed by atoms with Crippen LogP contribution in [0.25, 0.3) is 0 Å². The molecule has 0 aliphatic heterocycles. The van der Waals surface area contributed by atoms with E-state index in [1.54, 1.807) is 0 Å². The van der Waals surface area contributed by atoms with Crippen molar-refractivity contribution in [2.75, 3.05) is 6.54 Å². The molecule has 1 aromatic rings. The van der Waals surface area contributed by atoms with E-state index in [0.29, 0.717) is 25.4 Å². The lowest BCUT2D eigenvalue weighted by atomic mass is 10.0. The number of carbonyl (C=O) groups is 1. The summed E-state index contributed by atoms with van der Waals surface area (Å²) in [6.45, 7) is 9.51. The van der Waals surface area contributed by atoms with E-state index in [2.05, 4.69) is 38.1 Å². The van der Waals surface area contributed by atoms with E-state index >= 15 is 0 Å². The second-order valence-corrected chi connectivity index (χ2v) is 5.55. The van der Waals surface area contributed by atoms with E-state index in [1.165, 1.54) is 11.1 Å². The highest BCUT2D eigenvalue weighted by atomic mass is 16.2. The van der Waals surface area contributed by atoms with Crippen LogP contribution in [0.1, 0.15) is 51.2 Å². The molecule has 0 aromatic heterocycles. The number of carbonyl (C=O) groups excluding carboxylic acids is 1. The first-order chi connectivity index (χ1) is 8.95. The van der Waals surface area contributed by atoms with Gasteiger partial charge in [-0.05, 0) is 30.9 Å². The Kier molecular flexibility index (Phi) is 6.03. The maximum atomic E-state index is 12.0. The number of amides is 1. The summed E-state index contributed by atoms with van der Waals surface area (Å²) in [6.07, 6.45) is 0.419. The maximum absolute atomic E-state index is 12.0. The van der Waals surface area contributed by atoms with Crippen LogP contribution in [0.3, 0.4) is 0 Å². The Hall–Kier alpha value is -1.35. The number of rotatable bonds is 6. The summed E-state index contributed by atoms with van der Waals surface area (Å²) < 4.78 is 0. The van der Waals surface area contributed by atoms with E-state index in [0.717, 1.165) is 0 Å². The summed E-state index contributed by atoms with van der Waals surface area (Å²) >= 11 is 0. The number of nitrogens with two attached hydrogens (primary N) is 1. The molecule has 0 aliphatic rings. The standard InChI is InChI=1S/C16H26N2O/c1-12(2)15-7-5-14(6-8-15)11-18(13(3)4)16(19)9-10-17/h5-8,12-13H,9-11,17H2,1-4H3. The zero-order valence-corrected chi connectivity index (χ0v) is 12.5. The summed E-state index contributed by atoms with van der Waals surface area (Å²) in [7, 11) is 0. The third-order valence-electron chi connectivity index (χ3n) is 3.30. The molecule has 0 heterocycles. The third-order valence-corrected chi connectivity index (χ3v) is 3.30. The monoisotopic (exact) mass is 262 g/mol. The van der Waals surface area contributed by atoms with Gasteiger partial charge in [-0.3, -0.25) is 4.79 Å². The number of hydrogen-bond donors (Lipinski definition) is 1. The fraction of sp³-hybridized carbons (Fsp3) is 0.562. The van der Waals surface area contributed by atoms with Crippen molar-refractivity contribution in [3.8, 4) is 0 Å². The minimum Gasteiger partial charge on any atom is -0.336 e. The van der Waals surface area contributed by atoms with Crippen molar-refractivity contribution in [2.45, 2.75) is 52.6 Å². The molecule has 0 bridgehead atoms. The summed E-state index contributed by atoms with van der Waals surface area (Å²) in [5.74, 6) is 0.666. The predicted molar refractivity (Wildman–Crippen MR) is 79.9 cm³/mol. The molecule has 106 valence electrons. The molecule has 19 heavy (non-hydrogen) atoms. The van der Waals surface area contributed by atoms with Gasteiger partial charge in [0, 0.05) is 25.6 Å². The smallest absolute Gasteiger partial charge is 0.224 e. The van der Waals surface area contributed by atoms with Crippen LogP contribution in [0.4, 0.5) is 0 Å². The Morgan fingerprint density at radius 2 is 1.74 bits per heavy atom. The van der Waals surface area contributed by atoms with Crippen molar-refractivity contribution >= 4 is 5.91 Å². The first-order valence-electron chi connectivity index (χ1n) is 7.04. The predicted octanol–water partition coefficient (Wildman–Crippen LogP) is 2.90. The third kappa shape index (κ3) is 4.67. The first kappa shape index (κ1) is 15.7. The van der Waals surface area contributed by atoms with Crippen LogP contribution in [0.2, 0.25) is 0 Å². The van der Waals surface area contributed by atoms with Crippen molar-refractivity contribution in [3.05, 3.63) is 35.4 Å². The van der Waals surface area contributed by atoms with Crippen LogP contribution in [0.15, 0.2) is 24.3 Å². The topological polar surface area (TPSA) is 46.3 Å². The lowest BCUT2D eigenvalue weighted by molar-refractivity contribution is -0.133. The van der Waals surface area contributed by atoms with Crippen LogP contribution in [0, 0.1) is 0 Å². The molecule has 0 atom stereocenters. The van der Waals surface area contributed by atoms with E-state index < -0.39 is 0 Å². The van der Waals surface area contributed by atoms with Gasteiger partial charge in [0.1, 0.15) is 0 Å². The van der Waals surface area contributed by atoms with Crippen LogP contribution < -0.4 is 5.73 Å². The second-order valence-electron chi connectivity index (χ2n) is 5.55. The zero-order chi connectivity index (χ0) is 14.4. The van der Waals surface area contributed by atoms with Gasteiger partial charge in [0.15, 0.2) is 0 Å². The molecule has 0 saturated carbocycles. The van der Waals surface area contributed by atoms with Gasteiger partial charge < -0.3 is 10.6 Å². The molecule has 1 amide bonds. The van der Waals surface area contributed by atoms with Crippen LogP contribution in [0.5, 0.6) is 0 Å². The fourth-order valence-corrected chi connectivity index (χ4v) is 2.03. The van der Waals surface area contributed by atoms with Gasteiger partial charge in [-0.1, -0.05) is 38.1 Å². The van der Waals surface area contributed by atoms with Gasteiger partial charge in [-0.15, -0.1) is 0 Å². The van der Waals surface area contributed by atoms with Crippen molar-refractivity contribution in [1.82, 2.24) is 4.90 Å². The fourth-order valence-electron chi connectivity index (χ4n) is 2.03. The Balaban J connectivity index is 2.76. The number of benzene rings is 1. The van der Waals surface area contributed by atoms with Crippen molar-refractivity contribution < 1.29 is 4.79 Å². The molecule has 3 heteroatoms. The molecule has 0 unspecified atom stereocenters. The van der Waals surface area contributed by atoms with Gasteiger partial charge in [0.2, 0.25) is 5.91 Å². The molecule has 0 fully saturated rings. The molecule has 0 saturated heterocycles. The van der Waals surface area contributed by atoms with Crippen LogP contribution in [-0.2, 0) is 11.3 Å². The van der Waals surface area contributed by atoms with Crippen LogP contribution in [-0.4, -0.2) is 23.4 Å². The SMILES string of the molecule is CC(C)c1ccc(CN(C(=O)CCN)C(C)C)cc1. The van der Waals surface area contributed by atoms with E-state index in [1.807, 2.05) is 18.7 Å². The molecule has 0 radical (unpaired) electrons. The largest absolute Gasteiger partial charge is 0.336 e. The van der Waals surface area contributed by atoms with Gasteiger partial charge in [0.05, 0.1) is 0 Å².